The molecule has 24 heavy (non-hydrogen) atoms. The lowest BCUT2D eigenvalue weighted by Gasteiger charge is -2.12. The van der Waals surface area contributed by atoms with Gasteiger partial charge in [-0.1, -0.05) is 6.07 Å². The van der Waals surface area contributed by atoms with Crippen LogP contribution in [-0.2, 0) is 4.79 Å². The number of hydrogen-bond donors (Lipinski definition) is 2. The lowest BCUT2D eigenvalue weighted by Crippen LogP contribution is -2.28. The fourth-order valence-electron chi connectivity index (χ4n) is 2.26. The summed E-state index contributed by atoms with van der Waals surface area (Å²) in [6, 6.07) is 10.1. The first-order valence-electron chi connectivity index (χ1n) is 7.35. The third kappa shape index (κ3) is 3.26. The standard InChI is InChI=1S/C17H15N3O3S/c1-2-20-15(21)14(10-12-7-4-8-18-12)24-17(20)19-13-6-3-5-11(9-13)16(22)23/h3-10,18H,2H2,1H3,(H,22,23)/b14-10-,19-17?. The summed E-state index contributed by atoms with van der Waals surface area (Å²) in [6.45, 7) is 2.37. The Balaban J connectivity index is 1.94. The van der Waals surface area contributed by atoms with Gasteiger partial charge in [0.2, 0.25) is 0 Å². The van der Waals surface area contributed by atoms with E-state index in [4.69, 9.17) is 5.11 Å². The van der Waals surface area contributed by atoms with Crippen molar-refractivity contribution < 1.29 is 14.7 Å². The Kier molecular flexibility index (Phi) is 4.52. The number of aromatic nitrogens is 1. The molecule has 1 fully saturated rings. The first-order chi connectivity index (χ1) is 11.6. The van der Waals surface area contributed by atoms with Gasteiger partial charge in [0.1, 0.15) is 0 Å². The van der Waals surface area contributed by atoms with Crippen molar-refractivity contribution in [2.75, 3.05) is 6.54 Å². The SMILES string of the molecule is CCN1C(=O)/C(=C/c2ccc[nH]2)SC1=Nc1cccc(C(=O)O)c1. The molecular weight excluding hydrogens is 326 g/mol. The molecule has 0 saturated carbocycles. The summed E-state index contributed by atoms with van der Waals surface area (Å²) in [6.07, 6.45) is 3.58. The van der Waals surface area contributed by atoms with E-state index in [-0.39, 0.29) is 11.5 Å². The van der Waals surface area contributed by atoms with Gasteiger partial charge in [-0.3, -0.25) is 9.69 Å². The summed E-state index contributed by atoms with van der Waals surface area (Å²) in [5.74, 6) is -1.11. The summed E-state index contributed by atoms with van der Waals surface area (Å²) in [4.78, 5) is 33.2. The van der Waals surface area contributed by atoms with Crippen LogP contribution >= 0.6 is 11.8 Å². The fraction of sp³-hybridized carbons (Fsp3) is 0.118. The molecule has 3 rings (SSSR count). The zero-order valence-electron chi connectivity index (χ0n) is 12.9. The second kappa shape index (κ2) is 6.76. The molecule has 0 radical (unpaired) electrons. The number of aromatic amines is 1. The molecule has 7 heteroatoms. The van der Waals surface area contributed by atoms with Crippen molar-refractivity contribution in [2.24, 2.45) is 4.99 Å². The molecule has 0 unspecified atom stereocenters. The van der Waals surface area contributed by atoms with Crippen LogP contribution in [0.1, 0.15) is 23.0 Å². The summed E-state index contributed by atoms with van der Waals surface area (Å²) in [5.41, 5.74) is 1.51. The molecule has 1 aromatic heterocycles. The van der Waals surface area contributed by atoms with E-state index < -0.39 is 5.97 Å². The van der Waals surface area contributed by atoms with Gasteiger partial charge in [0.15, 0.2) is 5.17 Å². The molecule has 0 aliphatic carbocycles. The molecule has 0 spiro atoms. The molecule has 0 atom stereocenters. The van der Waals surface area contributed by atoms with Crippen LogP contribution in [0, 0.1) is 0 Å². The molecule has 2 heterocycles. The van der Waals surface area contributed by atoms with Crippen LogP contribution in [0.15, 0.2) is 52.5 Å². The Morgan fingerprint density at radius 1 is 1.38 bits per heavy atom. The van der Waals surface area contributed by atoms with Crippen LogP contribution in [-0.4, -0.2) is 38.6 Å². The molecule has 1 amide bonds. The van der Waals surface area contributed by atoms with E-state index >= 15 is 0 Å². The average molecular weight is 341 g/mol. The number of amides is 1. The van der Waals surface area contributed by atoms with E-state index in [1.54, 1.807) is 29.3 Å². The number of nitrogens with one attached hydrogen (secondary N) is 1. The van der Waals surface area contributed by atoms with Crippen molar-refractivity contribution in [1.29, 1.82) is 0 Å². The number of H-pyrrole nitrogens is 1. The van der Waals surface area contributed by atoms with E-state index in [1.807, 2.05) is 19.1 Å². The lowest BCUT2D eigenvalue weighted by molar-refractivity contribution is -0.122. The Hall–Kier alpha value is -2.80. The molecule has 1 saturated heterocycles. The van der Waals surface area contributed by atoms with Crippen molar-refractivity contribution in [3.05, 3.63) is 58.8 Å². The van der Waals surface area contributed by atoms with Gasteiger partial charge in [0.25, 0.3) is 5.91 Å². The molecule has 6 nitrogen and oxygen atoms in total. The largest absolute Gasteiger partial charge is 0.478 e. The highest BCUT2D eigenvalue weighted by atomic mass is 32.2. The van der Waals surface area contributed by atoms with Crippen molar-refractivity contribution in [3.8, 4) is 0 Å². The minimum Gasteiger partial charge on any atom is -0.478 e. The van der Waals surface area contributed by atoms with Crippen molar-refractivity contribution in [1.82, 2.24) is 9.88 Å². The van der Waals surface area contributed by atoms with Gasteiger partial charge in [-0.2, -0.15) is 0 Å². The number of rotatable bonds is 4. The van der Waals surface area contributed by atoms with Gasteiger partial charge in [-0.25, -0.2) is 9.79 Å². The highest BCUT2D eigenvalue weighted by Crippen LogP contribution is 2.33. The predicted octanol–water partition coefficient (Wildman–Crippen LogP) is 3.34. The van der Waals surface area contributed by atoms with Crippen molar-refractivity contribution in [3.63, 3.8) is 0 Å². The zero-order chi connectivity index (χ0) is 17.1. The van der Waals surface area contributed by atoms with Crippen molar-refractivity contribution >= 4 is 40.6 Å². The van der Waals surface area contributed by atoms with Crippen LogP contribution < -0.4 is 0 Å². The zero-order valence-corrected chi connectivity index (χ0v) is 13.7. The van der Waals surface area contributed by atoms with E-state index in [9.17, 15) is 9.59 Å². The Labute approximate surface area is 142 Å². The minimum atomic E-state index is -1.01. The smallest absolute Gasteiger partial charge is 0.335 e. The third-order valence-electron chi connectivity index (χ3n) is 3.43. The number of aliphatic imine (C=N–C) groups is 1. The van der Waals surface area contributed by atoms with Crippen LogP contribution in [0.2, 0.25) is 0 Å². The van der Waals surface area contributed by atoms with Gasteiger partial charge in [0.05, 0.1) is 16.2 Å². The number of carbonyl (C=O) groups is 2. The molecule has 122 valence electrons. The molecule has 2 aromatic rings. The molecule has 2 N–H and O–H groups in total. The van der Waals surface area contributed by atoms with Gasteiger partial charge >= 0.3 is 5.97 Å². The highest BCUT2D eigenvalue weighted by Gasteiger charge is 2.32. The van der Waals surface area contributed by atoms with Gasteiger partial charge in [0, 0.05) is 18.4 Å². The van der Waals surface area contributed by atoms with E-state index in [1.165, 1.54) is 23.9 Å². The van der Waals surface area contributed by atoms with Crippen LogP contribution in [0.5, 0.6) is 0 Å². The van der Waals surface area contributed by atoms with Gasteiger partial charge in [-0.05, 0) is 55.1 Å². The average Bonchev–Trinajstić information content (AvgIpc) is 3.17. The Morgan fingerprint density at radius 2 is 2.21 bits per heavy atom. The first-order valence-corrected chi connectivity index (χ1v) is 8.17. The van der Waals surface area contributed by atoms with Crippen LogP contribution in [0.4, 0.5) is 5.69 Å². The number of carboxylic acids is 1. The Bertz CT molecular complexity index is 841. The second-order valence-electron chi connectivity index (χ2n) is 5.04. The monoisotopic (exact) mass is 341 g/mol. The van der Waals surface area contributed by atoms with E-state index in [2.05, 4.69) is 9.98 Å². The Morgan fingerprint density at radius 3 is 2.88 bits per heavy atom. The number of amidine groups is 1. The molecule has 1 aliphatic heterocycles. The highest BCUT2D eigenvalue weighted by molar-refractivity contribution is 8.18. The number of benzene rings is 1. The third-order valence-corrected chi connectivity index (χ3v) is 4.44. The topological polar surface area (TPSA) is 85.8 Å². The number of likely N-dealkylation sites (N-methyl/N-ethyl adjacent to an activating group) is 1. The molecular formula is C17H15N3O3S. The maximum absolute atomic E-state index is 12.5. The minimum absolute atomic E-state index is 0.106. The number of hydrogen-bond acceptors (Lipinski definition) is 4. The van der Waals surface area contributed by atoms with Crippen LogP contribution in [0.3, 0.4) is 0 Å². The summed E-state index contributed by atoms with van der Waals surface area (Å²) < 4.78 is 0. The van der Waals surface area contributed by atoms with E-state index in [0.29, 0.717) is 22.3 Å². The summed E-state index contributed by atoms with van der Waals surface area (Å²) in [7, 11) is 0. The maximum Gasteiger partial charge on any atom is 0.335 e. The quantitative estimate of drug-likeness (QED) is 0.835. The summed E-state index contributed by atoms with van der Waals surface area (Å²) >= 11 is 1.28. The number of thioether (sulfide) groups is 1. The van der Waals surface area contributed by atoms with Crippen molar-refractivity contribution in [2.45, 2.75) is 6.92 Å². The molecule has 0 bridgehead atoms. The number of nitrogens with zero attached hydrogens (tertiary/aromatic N) is 2. The normalized spacial score (nSPS) is 17.9. The lowest BCUT2D eigenvalue weighted by atomic mass is 10.2. The molecule has 1 aromatic carbocycles. The van der Waals surface area contributed by atoms with Gasteiger partial charge in [-0.15, -0.1) is 0 Å². The van der Waals surface area contributed by atoms with Crippen LogP contribution in [0.25, 0.3) is 6.08 Å². The number of carboxylic acid groups (broad SMARTS) is 1. The predicted molar refractivity (Wildman–Crippen MR) is 94.2 cm³/mol. The summed E-state index contributed by atoms with van der Waals surface area (Å²) in [5, 5.41) is 9.61. The van der Waals surface area contributed by atoms with Gasteiger partial charge < -0.3 is 10.1 Å². The number of aromatic carboxylic acids is 1. The first kappa shape index (κ1) is 16.1. The number of carbonyl (C=O) groups excluding carboxylic acids is 1. The molecule has 1 aliphatic rings. The second-order valence-corrected chi connectivity index (χ2v) is 6.04. The van der Waals surface area contributed by atoms with E-state index in [0.717, 1.165) is 5.69 Å². The maximum atomic E-state index is 12.5. The fourth-order valence-corrected chi connectivity index (χ4v) is 3.32.